The Kier molecular flexibility index (Phi) is 7.89. The number of carbonyl (C=O) groups excluding carboxylic acids is 2. The van der Waals surface area contributed by atoms with Crippen LogP contribution in [0.4, 0.5) is 0 Å². The van der Waals surface area contributed by atoms with E-state index in [0.29, 0.717) is 16.7 Å². The Bertz CT molecular complexity index is 914. The largest absolute Gasteiger partial charge is 0.480 e. The highest BCUT2D eigenvalue weighted by atomic mass is 35.5. The lowest BCUT2D eigenvalue weighted by molar-refractivity contribution is -0.132. The van der Waals surface area contributed by atoms with Crippen molar-refractivity contribution in [3.05, 3.63) is 45.2 Å². The summed E-state index contributed by atoms with van der Waals surface area (Å²) < 4.78 is 7.71. The van der Waals surface area contributed by atoms with Crippen molar-refractivity contribution in [3.8, 4) is 5.75 Å². The predicted molar refractivity (Wildman–Crippen MR) is 118 cm³/mol. The second-order valence-electron chi connectivity index (χ2n) is 8.07. The van der Waals surface area contributed by atoms with Crippen molar-refractivity contribution in [2.24, 2.45) is 5.92 Å². The zero-order chi connectivity index (χ0) is 22.6. The van der Waals surface area contributed by atoms with Crippen molar-refractivity contribution in [2.75, 3.05) is 0 Å². The van der Waals surface area contributed by atoms with Crippen molar-refractivity contribution < 1.29 is 14.3 Å². The maximum atomic E-state index is 12.4. The zero-order valence-electron chi connectivity index (χ0n) is 18.7. The van der Waals surface area contributed by atoms with Crippen molar-refractivity contribution in [2.45, 2.75) is 67.5 Å². The van der Waals surface area contributed by atoms with Crippen LogP contribution in [0.25, 0.3) is 0 Å². The molecule has 1 aromatic carbocycles. The van der Waals surface area contributed by atoms with Crippen LogP contribution in [0.15, 0.2) is 12.1 Å². The van der Waals surface area contributed by atoms with Gasteiger partial charge in [0.15, 0.2) is 6.10 Å². The summed E-state index contributed by atoms with van der Waals surface area (Å²) in [5.41, 5.74) is 9.24. The van der Waals surface area contributed by atoms with Gasteiger partial charge in [0, 0.05) is 22.8 Å². The Morgan fingerprint density at radius 1 is 1.10 bits per heavy atom. The van der Waals surface area contributed by atoms with Crippen LogP contribution in [-0.2, 0) is 22.6 Å². The van der Waals surface area contributed by atoms with E-state index in [-0.39, 0.29) is 12.3 Å². The molecule has 2 rings (SSSR count). The molecule has 0 aliphatic heterocycles. The maximum absolute atomic E-state index is 12.4. The Balaban J connectivity index is 1.93. The number of carbonyl (C=O) groups is 2. The van der Waals surface area contributed by atoms with Gasteiger partial charge >= 0.3 is 0 Å². The van der Waals surface area contributed by atoms with E-state index < -0.39 is 12.0 Å². The van der Waals surface area contributed by atoms with E-state index in [1.165, 1.54) is 0 Å². The molecule has 30 heavy (non-hydrogen) atoms. The number of hydrogen-bond donors (Lipinski definition) is 2. The first-order valence-corrected chi connectivity index (χ1v) is 10.4. The molecule has 0 aliphatic carbocycles. The van der Waals surface area contributed by atoms with Crippen LogP contribution in [0.5, 0.6) is 5.75 Å². The predicted octanol–water partition coefficient (Wildman–Crippen LogP) is 3.58. The molecule has 0 aliphatic rings. The molecule has 164 valence electrons. The molecule has 0 saturated heterocycles. The van der Waals surface area contributed by atoms with Crippen LogP contribution in [0, 0.1) is 33.6 Å². The standard InChI is InChI=1S/C22H31ClN4O3/c1-12(2)11-27-16(6)19(15(5)26-27)10-20(28)24-25-22(29)17(7)30-21-13(3)8-18(23)9-14(21)4/h8-9,12,17H,10-11H2,1-7H3,(H,24,28)(H,25,29). The molecule has 1 aromatic heterocycles. The van der Waals surface area contributed by atoms with E-state index in [1.807, 2.05) is 32.4 Å². The van der Waals surface area contributed by atoms with E-state index in [0.717, 1.165) is 34.6 Å². The third kappa shape index (κ3) is 5.98. The molecule has 0 radical (unpaired) electrons. The number of benzene rings is 1. The molecule has 8 heteroatoms. The molecule has 1 unspecified atom stereocenters. The fourth-order valence-electron chi connectivity index (χ4n) is 3.26. The summed E-state index contributed by atoms with van der Waals surface area (Å²) in [6, 6.07) is 3.56. The van der Waals surface area contributed by atoms with Gasteiger partial charge < -0.3 is 4.74 Å². The molecular weight excluding hydrogens is 404 g/mol. The quantitative estimate of drug-likeness (QED) is 0.652. The fourth-order valence-corrected chi connectivity index (χ4v) is 3.59. The van der Waals surface area contributed by atoms with Gasteiger partial charge in [-0.05, 0) is 63.8 Å². The highest BCUT2D eigenvalue weighted by molar-refractivity contribution is 6.30. The first kappa shape index (κ1) is 23.7. The molecule has 1 heterocycles. The van der Waals surface area contributed by atoms with Gasteiger partial charge in [0.25, 0.3) is 5.91 Å². The zero-order valence-corrected chi connectivity index (χ0v) is 19.5. The minimum atomic E-state index is -0.791. The second kappa shape index (κ2) is 9.98. The van der Waals surface area contributed by atoms with Gasteiger partial charge in [-0.1, -0.05) is 25.4 Å². The molecule has 0 fully saturated rings. The maximum Gasteiger partial charge on any atom is 0.279 e. The lowest BCUT2D eigenvalue weighted by atomic mass is 10.1. The number of halogens is 1. The van der Waals surface area contributed by atoms with Crippen molar-refractivity contribution in [1.29, 1.82) is 0 Å². The van der Waals surface area contributed by atoms with Crippen molar-refractivity contribution in [1.82, 2.24) is 20.6 Å². The molecule has 2 aromatic rings. The highest BCUT2D eigenvalue weighted by Gasteiger charge is 2.19. The summed E-state index contributed by atoms with van der Waals surface area (Å²) in [6.07, 6.45) is -0.651. The minimum Gasteiger partial charge on any atom is -0.480 e. The Morgan fingerprint density at radius 3 is 2.27 bits per heavy atom. The molecule has 2 amide bonds. The van der Waals surface area contributed by atoms with Crippen LogP contribution < -0.4 is 15.6 Å². The van der Waals surface area contributed by atoms with Gasteiger partial charge in [-0.25, -0.2) is 0 Å². The van der Waals surface area contributed by atoms with Gasteiger partial charge in [0.05, 0.1) is 12.1 Å². The summed E-state index contributed by atoms with van der Waals surface area (Å²) in [5, 5.41) is 5.13. The van der Waals surface area contributed by atoms with Crippen molar-refractivity contribution in [3.63, 3.8) is 0 Å². The SMILES string of the molecule is Cc1cc(Cl)cc(C)c1OC(C)C(=O)NNC(=O)Cc1c(C)nn(CC(C)C)c1C. The third-order valence-electron chi connectivity index (χ3n) is 4.82. The van der Waals surface area contributed by atoms with Gasteiger partial charge in [-0.3, -0.25) is 25.1 Å². The number of aromatic nitrogens is 2. The summed E-state index contributed by atoms with van der Waals surface area (Å²) in [6.45, 7) is 14.2. The van der Waals surface area contributed by atoms with E-state index in [2.05, 4.69) is 29.8 Å². The van der Waals surface area contributed by atoms with E-state index >= 15 is 0 Å². The number of ether oxygens (including phenoxy) is 1. The number of rotatable bonds is 7. The fraction of sp³-hybridized carbons (Fsp3) is 0.500. The normalized spacial score (nSPS) is 12.0. The average molecular weight is 435 g/mol. The highest BCUT2D eigenvalue weighted by Crippen LogP contribution is 2.27. The monoisotopic (exact) mass is 434 g/mol. The molecule has 2 N–H and O–H groups in total. The van der Waals surface area contributed by atoms with Crippen LogP contribution in [0.3, 0.4) is 0 Å². The number of amides is 2. The Labute approximate surface area is 183 Å². The Morgan fingerprint density at radius 2 is 1.70 bits per heavy atom. The molecular formula is C22H31ClN4O3. The molecule has 0 saturated carbocycles. The average Bonchev–Trinajstić information content (AvgIpc) is 2.89. The molecule has 0 bridgehead atoms. The summed E-state index contributed by atoms with van der Waals surface area (Å²) in [5.74, 6) is 0.307. The van der Waals surface area contributed by atoms with E-state index in [1.54, 1.807) is 19.1 Å². The van der Waals surface area contributed by atoms with Crippen molar-refractivity contribution >= 4 is 23.4 Å². The lowest BCUT2D eigenvalue weighted by Gasteiger charge is -2.18. The van der Waals surface area contributed by atoms with Crippen LogP contribution >= 0.6 is 11.6 Å². The smallest absolute Gasteiger partial charge is 0.279 e. The molecule has 1 atom stereocenters. The van der Waals surface area contributed by atoms with Crippen LogP contribution in [-0.4, -0.2) is 27.7 Å². The summed E-state index contributed by atoms with van der Waals surface area (Å²) in [7, 11) is 0. The minimum absolute atomic E-state index is 0.140. The first-order valence-electron chi connectivity index (χ1n) is 10.0. The Hall–Kier alpha value is -2.54. The van der Waals surface area contributed by atoms with Crippen LogP contribution in [0.1, 0.15) is 48.8 Å². The molecule has 7 nitrogen and oxygen atoms in total. The van der Waals surface area contributed by atoms with Gasteiger partial charge in [-0.15, -0.1) is 0 Å². The number of nitrogens with zero attached hydrogens (tertiary/aromatic N) is 2. The lowest BCUT2D eigenvalue weighted by Crippen LogP contribution is -2.47. The second-order valence-corrected chi connectivity index (χ2v) is 8.50. The van der Waals surface area contributed by atoms with Gasteiger partial charge in [0.2, 0.25) is 5.91 Å². The number of aryl methyl sites for hydroxylation is 3. The van der Waals surface area contributed by atoms with Gasteiger partial charge in [0.1, 0.15) is 5.75 Å². The number of nitrogens with one attached hydrogen (secondary N) is 2. The summed E-state index contributed by atoms with van der Waals surface area (Å²) in [4.78, 5) is 24.7. The third-order valence-corrected chi connectivity index (χ3v) is 5.04. The van der Waals surface area contributed by atoms with E-state index in [4.69, 9.17) is 16.3 Å². The first-order chi connectivity index (χ1) is 14.0. The number of hydrazine groups is 1. The molecule has 0 spiro atoms. The van der Waals surface area contributed by atoms with Gasteiger partial charge in [-0.2, -0.15) is 5.10 Å². The summed E-state index contributed by atoms with van der Waals surface area (Å²) >= 11 is 6.03. The van der Waals surface area contributed by atoms with E-state index in [9.17, 15) is 9.59 Å². The topological polar surface area (TPSA) is 85.2 Å². The van der Waals surface area contributed by atoms with Crippen LogP contribution in [0.2, 0.25) is 5.02 Å². The number of hydrogen-bond acceptors (Lipinski definition) is 4.